The molecule has 72 valence electrons. The van der Waals surface area contributed by atoms with E-state index in [-0.39, 0.29) is 4.75 Å². The lowest BCUT2D eigenvalue weighted by Gasteiger charge is -2.12. The van der Waals surface area contributed by atoms with Crippen LogP contribution in [0.5, 0.6) is 0 Å². The Hall–Kier alpha value is -0.900. The number of nitrogens with zero attached hydrogens (tertiary/aromatic N) is 1. The molecule has 0 aliphatic heterocycles. The van der Waals surface area contributed by atoms with Crippen LogP contribution in [0.2, 0.25) is 0 Å². The maximum Gasteiger partial charge on any atom is 0.145 e. The molecule has 1 atom stereocenters. The van der Waals surface area contributed by atoms with Crippen LogP contribution in [0.4, 0.5) is 0 Å². The summed E-state index contributed by atoms with van der Waals surface area (Å²) in [5.41, 5.74) is 0. The van der Waals surface area contributed by atoms with Crippen molar-refractivity contribution in [2.24, 2.45) is 4.40 Å². The average molecular weight is 199 g/mol. The van der Waals surface area contributed by atoms with Gasteiger partial charge in [-0.05, 0) is 32.9 Å². The van der Waals surface area contributed by atoms with Gasteiger partial charge in [0.2, 0.25) is 0 Å². The molecule has 4 heteroatoms. The fourth-order valence-electron chi connectivity index (χ4n) is 0.623. The molecule has 0 fully saturated rings. The van der Waals surface area contributed by atoms with Crippen molar-refractivity contribution in [3.8, 4) is 0 Å². The standard InChI is InChI=1S/C9H13NO2S/c1-9(2,3)13(11)10-7-8-5-4-6-12-8/h4-7H,1-3H3/b10-7+. The first-order valence-corrected chi connectivity index (χ1v) is 5.10. The summed E-state index contributed by atoms with van der Waals surface area (Å²) in [5.74, 6) is 0.623. The minimum absolute atomic E-state index is 0.316. The van der Waals surface area contributed by atoms with Gasteiger partial charge in [0.1, 0.15) is 16.7 Å². The third kappa shape index (κ3) is 3.14. The predicted molar refractivity (Wildman–Crippen MR) is 54.2 cm³/mol. The molecule has 1 heterocycles. The third-order valence-corrected chi connectivity index (χ3v) is 2.69. The van der Waals surface area contributed by atoms with E-state index in [2.05, 4.69) is 4.40 Å². The second-order valence-electron chi connectivity index (χ2n) is 3.61. The van der Waals surface area contributed by atoms with Crippen LogP contribution < -0.4 is 0 Å². The molecule has 0 bridgehead atoms. The number of rotatable bonds is 2. The van der Waals surface area contributed by atoms with Gasteiger partial charge in [-0.3, -0.25) is 0 Å². The molecule has 0 spiro atoms. The minimum atomic E-state index is -1.21. The minimum Gasteiger partial charge on any atom is -0.463 e. The van der Waals surface area contributed by atoms with Crippen molar-refractivity contribution in [1.29, 1.82) is 0 Å². The second kappa shape index (κ2) is 3.87. The maximum absolute atomic E-state index is 11.4. The monoisotopic (exact) mass is 199 g/mol. The van der Waals surface area contributed by atoms with Gasteiger partial charge in [-0.15, -0.1) is 0 Å². The summed E-state index contributed by atoms with van der Waals surface area (Å²) in [4.78, 5) is 0. The zero-order valence-electron chi connectivity index (χ0n) is 7.98. The highest BCUT2D eigenvalue weighted by Crippen LogP contribution is 2.12. The Balaban J connectivity index is 2.65. The molecule has 0 saturated carbocycles. The molecule has 1 aromatic heterocycles. The van der Waals surface area contributed by atoms with E-state index in [1.54, 1.807) is 18.4 Å². The van der Waals surface area contributed by atoms with Gasteiger partial charge < -0.3 is 4.42 Å². The van der Waals surface area contributed by atoms with Crippen LogP contribution in [-0.2, 0) is 11.0 Å². The Morgan fingerprint density at radius 2 is 2.23 bits per heavy atom. The summed E-state index contributed by atoms with van der Waals surface area (Å²) >= 11 is 0. The highest BCUT2D eigenvalue weighted by Gasteiger charge is 2.18. The number of furan rings is 1. The van der Waals surface area contributed by atoms with E-state index >= 15 is 0 Å². The van der Waals surface area contributed by atoms with E-state index in [0.717, 1.165) is 0 Å². The molecule has 3 nitrogen and oxygen atoms in total. The molecular weight excluding hydrogens is 186 g/mol. The van der Waals surface area contributed by atoms with Gasteiger partial charge in [-0.1, -0.05) is 0 Å². The van der Waals surface area contributed by atoms with E-state index in [4.69, 9.17) is 4.42 Å². The van der Waals surface area contributed by atoms with E-state index < -0.39 is 11.0 Å². The van der Waals surface area contributed by atoms with Gasteiger partial charge in [-0.25, -0.2) is 4.21 Å². The van der Waals surface area contributed by atoms with Gasteiger partial charge in [0.25, 0.3) is 0 Å². The Labute approximate surface area is 80.5 Å². The Kier molecular flexibility index (Phi) is 3.03. The number of hydrogen-bond donors (Lipinski definition) is 0. The van der Waals surface area contributed by atoms with Gasteiger partial charge >= 0.3 is 0 Å². The Bertz CT molecular complexity index is 309. The molecule has 1 rings (SSSR count). The van der Waals surface area contributed by atoms with Gasteiger partial charge in [0.05, 0.1) is 17.2 Å². The summed E-state index contributed by atoms with van der Waals surface area (Å²) in [6, 6.07) is 3.53. The molecular formula is C9H13NO2S. The largest absolute Gasteiger partial charge is 0.463 e. The summed E-state index contributed by atoms with van der Waals surface area (Å²) in [6.45, 7) is 5.63. The quantitative estimate of drug-likeness (QED) is 0.685. The van der Waals surface area contributed by atoms with Gasteiger partial charge in [0, 0.05) is 0 Å². The zero-order valence-corrected chi connectivity index (χ0v) is 8.80. The SMILES string of the molecule is CC(C)(C)S(=O)/N=C/c1ccco1. The van der Waals surface area contributed by atoms with Gasteiger partial charge in [0.15, 0.2) is 0 Å². The van der Waals surface area contributed by atoms with Crippen molar-refractivity contribution in [2.75, 3.05) is 0 Å². The lowest BCUT2D eigenvalue weighted by atomic mass is 10.3. The summed E-state index contributed by atoms with van der Waals surface area (Å²) in [5, 5.41) is 0. The summed E-state index contributed by atoms with van der Waals surface area (Å²) < 4.78 is 20.0. The van der Waals surface area contributed by atoms with E-state index in [1.807, 2.05) is 20.8 Å². The molecule has 0 amide bonds. The summed E-state index contributed by atoms with van der Waals surface area (Å²) in [6.07, 6.45) is 3.04. The smallest absolute Gasteiger partial charge is 0.145 e. The maximum atomic E-state index is 11.4. The van der Waals surface area contributed by atoms with Crippen LogP contribution in [0.1, 0.15) is 26.5 Å². The fourth-order valence-corrected chi connectivity index (χ4v) is 1.14. The van der Waals surface area contributed by atoms with Crippen molar-refractivity contribution < 1.29 is 8.63 Å². The van der Waals surface area contributed by atoms with E-state index in [0.29, 0.717) is 5.76 Å². The van der Waals surface area contributed by atoms with Gasteiger partial charge in [-0.2, -0.15) is 4.40 Å². The topological polar surface area (TPSA) is 42.6 Å². The molecule has 0 N–H and O–H groups in total. The summed E-state index contributed by atoms with van der Waals surface area (Å²) in [7, 11) is -1.21. The predicted octanol–water partition coefficient (Wildman–Crippen LogP) is 2.16. The van der Waals surface area contributed by atoms with E-state index in [9.17, 15) is 4.21 Å². The van der Waals surface area contributed by atoms with Crippen LogP contribution in [0.3, 0.4) is 0 Å². The normalized spacial score (nSPS) is 15.0. The Morgan fingerprint density at radius 1 is 1.54 bits per heavy atom. The molecule has 0 aliphatic rings. The Morgan fingerprint density at radius 3 is 2.69 bits per heavy atom. The first kappa shape index (κ1) is 10.2. The lowest BCUT2D eigenvalue weighted by Crippen LogP contribution is -2.19. The fraction of sp³-hybridized carbons (Fsp3) is 0.444. The molecule has 1 aromatic rings. The van der Waals surface area contributed by atoms with Crippen molar-refractivity contribution in [3.63, 3.8) is 0 Å². The molecule has 0 saturated heterocycles. The van der Waals surface area contributed by atoms with Crippen molar-refractivity contribution in [3.05, 3.63) is 24.2 Å². The first-order valence-electron chi connectivity index (χ1n) is 4.00. The molecule has 1 unspecified atom stereocenters. The van der Waals surface area contributed by atoms with Crippen LogP contribution in [0.15, 0.2) is 27.2 Å². The third-order valence-electron chi connectivity index (χ3n) is 1.34. The molecule has 0 aliphatic carbocycles. The van der Waals surface area contributed by atoms with Crippen LogP contribution >= 0.6 is 0 Å². The molecule has 0 radical (unpaired) electrons. The second-order valence-corrected chi connectivity index (χ2v) is 5.55. The molecule has 0 aromatic carbocycles. The van der Waals surface area contributed by atoms with Crippen LogP contribution in [0.25, 0.3) is 0 Å². The zero-order chi connectivity index (χ0) is 9.90. The highest BCUT2D eigenvalue weighted by molar-refractivity contribution is 7.85. The van der Waals surface area contributed by atoms with Crippen LogP contribution in [-0.4, -0.2) is 15.2 Å². The van der Waals surface area contributed by atoms with Crippen LogP contribution in [0, 0.1) is 0 Å². The highest BCUT2D eigenvalue weighted by atomic mass is 32.2. The van der Waals surface area contributed by atoms with Crippen molar-refractivity contribution in [1.82, 2.24) is 0 Å². The average Bonchev–Trinajstić information content (AvgIpc) is 2.50. The van der Waals surface area contributed by atoms with Crippen molar-refractivity contribution >= 4 is 17.2 Å². The number of hydrogen-bond acceptors (Lipinski definition) is 2. The van der Waals surface area contributed by atoms with Crippen molar-refractivity contribution in [2.45, 2.75) is 25.5 Å². The molecule has 13 heavy (non-hydrogen) atoms. The lowest BCUT2D eigenvalue weighted by molar-refractivity contribution is 0.560. The van der Waals surface area contributed by atoms with E-state index in [1.165, 1.54) is 6.21 Å². The first-order chi connectivity index (χ1) is 6.00.